The van der Waals surface area contributed by atoms with Gasteiger partial charge in [0, 0.05) is 11.0 Å². The number of ether oxygens (including phenoxy) is 1. The van der Waals surface area contributed by atoms with Gasteiger partial charge >= 0.3 is 6.03 Å². The minimum atomic E-state index is -0.583. The number of halogens is 1. The first-order valence-corrected chi connectivity index (χ1v) is 6.96. The van der Waals surface area contributed by atoms with Gasteiger partial charge in [-0.1, -0.05) is 15.9 Å². The topological polar surface area (TPSA) is 79.5 Å². The van der Waals surface area contributed by atoms with Crippen LogP contribution in [0.4, 0.5) is 10.5 Å². The van der Waals surface area contributed by atoms with E-state index in [4.69, 9.17) is 4.74 Å². The number of carbonyl (C=O) groups excluding carboxylic acids is 2. The minimum Gasteiger partial charge on any atom is -0.495 e. The van der Waals surface area contributed by atoms with Gasteiger partial charge in [-0.3, -0.25) is 10.1 Å². The third kappa shape index (κ3) is 4.73. The van der Waals surface area contributed by atoms with Crippen LogP contribution in [-0.2, 0) is 4.79 Å². The highest BCUT2D eigenvalue weighted by molar-refractivity contribution is 9.10. The smallest absolute Gasteiger partial charge is 0.321 e. The van der Waals surface area contributed by atoms with Crippen molar-refractivity contribution in [3.8, 4) is 5.75 Å². The van der Waals surface area contributed by atoms with Gasteiger partial charge in [0.2, 0.25) is 5.91 Å². The summed E-state index contributed by atoms with van der Waals surface area (Å²) in [6.07, 6.45) is 0. The number of imide groups is 1. The van der Waals surface area contributed by atoms with Gasteiger partial charge in [0.15, 0.2) is 0 Å². The molecular weight excluding hydrogens is 326 g/mol. The molecule has 7 heteroatoms. The molecule has 0 radical (unpaired) electrons. The van der Waals surface area contributed by atoms with Crippen LogP contribution in [-0.4, -0.2) is 31.6 Å². The van der Waals surface area contributed by atoms with Gasteiger partial charge < -0.3 is 15.4 Å². The van der Waals surface area contributed by atoms with Crippen molar-refractivity contribution in [3.63, 3.8) is 0 Å². The molecule has 3 N–H and O–H groups in total. The third-order valence-corrected chi connectivity index (χ3v) is 2.99. The highest BCUT2D eigenvalue weighted by atomic mass is 79.9. The summed E-state index contributed by atoms with van der Waals surface area (Å²) in [5, 5.41) is 7.75. The largest absolute Gasteiger partial charge is 0.495 e. The molecule has 1 rings (SSSR count). The van der Waals surface area contributed by atoms with E-state index in [0.717, 1.165) is 4.47 Å². The monoisotopic (exact) mass is 343 g/mol. The first kappa shape index (κ1) is 16.3. The average molecular weight is 344 g/mol. The molecule has 110 valence electrons. The third-order valence-electron chi connectivity index (χ3n) is 2.50. The van der Waals surface area contributed by atoms with Crippen molar-refractivity contribution in [1.29, 1.82) is 0 Å². The highest BCUT2D eigenvalue weighted by Gasteiger charge is 2.16. The van der Waals surface area contributed by atoms with E-state index in [1.165, 1.54) is 0 Å². The fourth-order valence-corrected chi connectivity index (χ4v) is 1.88. The molecule has 1 aromatic rings. The number of carbonyl (C=O) groups is 2. The number of methoxy groups -OCH3 is 1. The van der Waals surface area contributed by atoms with Crippen LogP contribution in [0.1, 0.15) is 13.8 Å². The molecule has 0 aliphatic rings. The van der Waals surface area contributed by atoms with Crippen molar-refractivity contribution in [2.75, 3.05) is 19.0 Å². The molecule has 3 amide bonds. The Morgan fingerprint density at radius 1 is 1.40 bits per heavy atom. The summed E-state index contributed by atoms with van der Waals surface area (Å²) in [6.45, 7) is 3.90. The highest BCUT2D eigenvalue weighted by Crippen LogP contribution is 2.28. The molecule has 1 aromatic carbocycles. The maximum Gasteiger partial charge on any atom is 0.321 e. The number of amides is 3. The second kappa shape index (κ2) is 7.74. The lowest BCUT2D eigenvalue weighted by molar-refractivity contribution is -0.120. The number of rotatable bonds is 5. The Balaban J connectivity index is 2.70. The number of anilines is 1. The molecule has 0 saturated heterocycles. The van der Waals surface area contributed by atoms with Gasteiger partial charge in [-0.2, -0.15) is 0 Å². The van der Waals surface area contributed by atoms with Crippen LogP contribution in [0.2, 0.25) is 0 Å². The molecule has 1 unspecified atom stereocenters. The second-order valence-electron chi connectivity index (χ2n) is 4.06. The van der Waals surface area contributed by atoms with E-state index in [9.17, 15) is 9.59 Å². The Labute approximate surface area is 126 Å². The van der Waals surface area contributed by atoms with Crippen molar-refractivity contribution >= 4 is 33.6 Å². The van der Waals surface area contributed by atoms with Gasteiger partial charge in [-0.25, -0.2) is 4.79 Å². The minimum absolute atomic E-state index is 0.419. The predicted octanol–water partition coefficient (Wildman–Crippen LogP) is 2.10. The van der Waals surface area contributed by atoms with Crippen molar-refractivity contribution < 1.29 is 14.3 Å². The molecule has 0 aromatic heterocycles. The van der Waals surface area contributed by atoms with Gasteiger partial charge in [0.05, 0.1) is 12.8 Å². The van der Waals surface area contributed by atoms with E-state index < -0.39 is 18.0 Å². The van der Waals surface area contributed by atoms with Crippen molar-refractivity contribution in [2.24, 2.45) is 0 Å². The van der Waals surface area contributed by atoms with E-state index in [2.05, 4.69) is 31.9 Å². The van der Waals surface area contributed by atoms with Crippen LogP contribution in [0.15, 0.2) is 22.7 Å². The standard InChI is InChI=1S/C13H18BrN3O3/c1-4-15-13(19)17-12(18)8(2)16-10-7-9(14)5-6-11(10)20-3/h5-8,16H,4H2,1-3H3,(H2,15,17,18,19). The quantitative estimate of drug-likeness (QED) is 0.764. The number of benzene rings is 1. The Kier molecular flexibility index (Phi) is 6.30. The molecule has 0 fully saturated rings. The molecule has 20 heavy (non-hydrogen) atoms. The summed E-state index contributed by atoms with van der Waals surface area (Å²) in [7, 11) is 1.55. The number of hydrogen-bond acceptors (Lipinski definition) is 4. The lowest BCUT2D eigenvalue weighted by atomic mass is 10.2. The Morgan fingerprint density at radius 3 is 2.70 bits per heavy atom. The van der Waals surface area contributed by atoms with Crippen LogP contribution in [0.25, 0.3) is 0 Å². The fraction of sp³-hybridized carbons (Fsp3) is 0.385. The first-order chi connectivity index (χ1) is 9.47. The number of nitrogens with one attached hydrogen (secondary N) is 3. The number of urea groups is 1. The van der Waals surface area contributed by atoms with Gasteiger partial charge in [0.1, 0.15) is 11.8 Å². The summed E-state index contributed by atoms with van der Waals surface area (Å²) in [4.78, 5) is 23.1. The van der Waals surface area contributed by atoms with Gasteiger partial charge in [0.25, 0.3) is 0 Å². The van der Waals surface area contributed by atoms with E-state index >= 15 is 0 Å². The molecule has 0 spiro atoms. The molecule has 0 aliphatic heterocycles. The molecule has 1 atom stereocenters. The maximum atomic E-state index is 11.8. The lowest BCUT2D eigenvalue weighted by Crippen LogP contribution is -2.45. The summed E-state index contributed by atoms with van der Waals surface area (Å²) in [6, 6.07) is 4.33. The van der Waals surface area contributed by atoms with Crippen molar-refractivity contribution in [2.45, 2.75) is 19.9 Å². The molecule has 0 saturated carbocycles. The predicted molar refractivity (Wildman–Crippen MR) is 81.0 cm³/mol. The Morgan fingerprint density at radius 2 is 2.10 bits per heavy atom. The summed E-state index contributed by atoms with van der Waals surface area (Å²) < 4.78 is 6.06. The van der Waals surface area contributed by atoms with E-state index in [-0.39, 0.29) is 0 Å². The second-order valence-corrected chi connectivity index (χ2v) is 4.98. The zero-order valence-electron chi connectivity index (χ0n) is 11.6. The average Bonchev–Trinajstić information content (AvgIpc) is 2.39. The summed E-state index contributed by atoms with van der Waals surface area (Å²) in [5.41, 5.74) is 0.667. The van der Waals surface area contributed by atoms with E-state index in [1.807, 2.05) is 6.07 Å². The summed E-state index contributed by atoms with van der Waals surface area (Å²) in [5.74, 6) is 0.198. The van der Waals surface area contributed by atoms with Crippen LogP contribution >= 0.6 is 15.9 Å². The van der Waals surface area contributed by atoms with Crippen LogP contribution in [0.5, 0.6) is 5.75 Å². The molecule has 0 bridgehead atoms. The van der Waals surface area contributed by atoms with Gasteiger partial charge in [-0.15, -0.1) is 0 Å². The molecule has 0 heterocycles. The van der Waals surface area contributed by atoms with Crippen LogP contribution in [0, 0.1) is 0 Å². The lowest BCUT2D eigenvalue weighted by Gasteiger charge is -2.17. The van der Waals surface area contributed by atoms with Gasteiger partial charge in [-0.05, 0) is 32.0 Å². The zero-order chi connectivity index (χ0) is 15.1. The molecule has 6 nitrogen and oxygen atoms in total. The van der Waals surface area contributed by atoms with E-state index in [0.29, 0.717) is 18.0 Å². The van der Waals surface area contributed by atoms with Crippen LogP contribution in [0.3, 0.4) is 0 Å². The normalized spacial score (nSPS) is 11.4. The Hall–Kier alpha value is -1.76. The van der Waals surface area contributed by atoms with Crippen molar-refractivity contribution in [3.05, 3.63) is 22.7 Å². The zero-order valence-corrected chi connectivity index (χ0v) is 13.2. The van der Waals surface area contributed by atoms with Crippen LogP contribution < -0.4 is 20.7 Å². The summed E-state index contributed by atoms with van der Waals surface area (Å²) >= 11 is 3.35. The SMILES string of the molecule is CCNC(=O)NC(=O)C(C)Nc1cc(Br)ccc1OC. The molecule has 0 aliphatic carbocycles. The van der Waals surface area contributed by atoms with Crippen molar-refractivity contribution in [1.82, 2.24) is 10.6 Å². The number of hydrogen-bond donors (Lipinski definition) is 3. The Bertz CT molecular complexity index is 494. The fourth-order valence-electron chi connectivity index (χ4n) is 1.52. The maximum absolute atomic E-state index is 11.8. The molecular formula is C13H18BrN3O3. The van der Waals surface area contributed by atoms with E-state index in [1.54, 1.807) is 33.1 Å². The first-order valence-electron chi connectivity index (χ1n) is 6.16.